The minimum absolute atomic E-state index is 0.247. The average molecular weight is 968 g/mol. The van der Waals surface area contributed by atoms with Crippen LogP contribution in [-0.4, -0.2) is 193 Å². The molecule has 0 aromatic carbocycles. The molecule has 1 amide bonds. The summed E-state index contributed by atoms with van der Waals surface area (Å²) in [6.07, 6.45) is 0.980. The Morgan fingerprint density at radius 1 is 0.522 bits per heavy atom. The van der Waals surface area contributed by atoms with Crippen molar-refractivity contribution in [1.82, 2.24) is 5.32 Å². The molecule has 12 N–H and O–H groups in total. The van der Waals surface area contributed by atoms with Gasteiger partial charge in [-0.25, -0.2) is 0 Å². The zero-order valence-corrected chi connectivity index (χ0v) is 40.1. The van der Waals surface area contributed by atoms with E-state index in [0.717, 1.165) is 51.4 Å². The standard InChI is InChI=1S/C48H89NO18/c1-3-5-7-9-11-13-14-15-16-17-18-20-22-24-26-36(54)49-31(32(53)25-23-21-19-12-10-8-6-4-2)30-62-46-42(60)39(57)44(34(28-51)64-46)67-48-43(61)40(58)45(35(29-52)65-48)66-47-41(59)38(56)37(55)33(27-50)63-47/h23,25,31-35,37-48,50-53,55-61H,3-22,24,26-30H2,1-2H3,(H,49,54)/b25-23+. The van der Waals surface area contributed by atoms with Gasteiger partial charge in [-0.15, -0.1) is 0 Å². The quantitative estimate of drug-likeness (QED) is 0.0316. The van der Waals surface area contributed by atoms with E-state index in [4.69, 9.17) is 28.4 Å². The second-order valence-corrected chi connectivity index (χ2v) is 18.6. The molecule has 0 bridgehead atoms. The van der Waals surface area contributed by atoms with Crippen LogP contribution in [0.4, 0.5) is 0 Å². The molecule has 0 aromatic heterocycles. The number of allylic oxidation sites excluding steroid dienone is 1. The normalized spacial score (nSPS) is 33.5. The number of amides is 1. The van der Waals surface area contributed by atoms with Crippen LogP contribution in [0.2, 0.25) is 0 Å². The van der Waals surface area contributed by atoms with Crippen molar-refractivity contribution in [3.05, 3.63) is 12.2 Å². The third-order valence-electron chi connectivity index (χ3n) is 13.1. The molecule has 0 saturated carbocycles. The van der Waals surface area contributed by atoms with E-state index in [2.05, 4.69) is 19.2 Å². The highest BCUT2D eigenvalue weighted by Gasteiger charge is 2.53. The van der Waals surface area contributed by atoms with E-state index in [1.165, 1.54) is 77.0 Å². The first-order valence-corrected chi connectivity index (χ1v) is 25.4. The minimum Gasteiger partial charge on any atom is -0.394 e. The summed E-state index contributed by atoms with van der Waals surface area (Å²) in [5.41, 5.74) is 0. The first-order chi connectivity index (χ1) is 32.3. The zero-order valence-electron chi connectivity index (χ0n) is 40.1. The lowest BCUT2D eigenvalue weighted by Gasteiger charge is -2.48. The summed E-state index contributed by atoms with van der Waals surface area (Å²) in [5, 5.41) is 119. The van der Waals surface area contributed by atoms with Gasteiger partial charge < -0.3 is 89.9 Å². The van der Waals surface area contributed by atoms with E-state index in [1.54, 1.807) is 6.08 Å². The van der Waals surface area contributed by atoms with Crippen molar-refractivity contribution in [2.75, 3.05) is 26.4 Å². The van der Waals surface area contributed by atoms with Gasteiger partial charge in [-0.1, -0.05) is 142 Å². The number of aliphatic hydroxyl groups is 11. The van der Waals surface area contributed by atoms with E-state index in [9.17, 15) is 61.0 Å². The van der Waals surface area contributed by atoms with Gasteiger partial charge >= 0.3 is 0 Å². The molecule has 17 atom stereocenters. The number of unbranched alkanes of at least 4 members (excludes halogenated alkanes) is 19. The van der Waals surface area contributed by atoms with Gasteiger partial charge in [-0.2, -0.15) is 0 Å². The maximum atomic E-state index is 13.2. The molecular weight excluding hydrogens is 879 g/mol. The highest BCUT2D eigenvalue weighted by molar-refractivity contribution is 5.76. The molecule has 394 valence electrons. The Morgan fingerprint density at radius 3 is 1.40 bits per heavy atom. The fraction of sp³-hybridized carbons (Fsp3) is 0.938. The predicted molar refractivity (Wildman–Crippen MR) is 245 cm³/mol. The molecule has 3 heterocycles. The number of carbonyl (C=O) groups excluding carboxylic acids is 1. The lowest BCUT2D eigenvalue weighted by molar-refractivity contribution is -0.379. The molecule has 3 aliphatic rings. The van der Waals surface area contributed by atoms with E-state index < -0.39 is 124 Å². The molecule has 0 aliphatic carbocycles. The van der Waals surface area contributed by atoms with Crippen LogP contribution in [0.3, 0.4) is 0 Å². The molecule has 0 radical (unpaired) electrons. The highest BCUT2D eigenvalue weighted by Crippen LogP contribution is 2.33. The molecule has 17 unspecified atom stereocenters. The fourth-order valence-corrected chi connectivity index (χ4v) is 8.78. The third kappa shape index (κ3) is 20.3. The van der Waals surface area contributed by atoms with E-state index in [1.807, 2.05) is 6.08 Å². The van der Waals surface area contributed by atoms with Crippen molar-refractivity contribution in [3.63, 3.8) is 0 Å². The van der Waals surface area contributed by atoms with Gasteiger partial charge in [0, 0.05) is 6.42 Å². The second kappa shape index (κ2) is 34.0. The van der Waals surface area contributed by atoms with Crippen molar-refractivity contribution in [1.29, 1.82) is 0 Å². The van der Waals surface area contributed by atoms with Gasteiger partial charge in [-0.05, 0) is 19.3 Å². The molecule has 67 heavy (non-hydrogen) atoms. The zero-order chi connectivity index (χ0) is 49.1. The van der Waals surface area contributed by atoms with Gasteiger partial charge in [0.25, 0.3) is 0 Å². The van der Waals surface area contributed by atoms with Crippen LogP contribution >= 0.6 is 0 Å². The summed E-state index contributed by atoms with van der Waals surface area (Å²) in [4.78, 5) is 13.2. The summed E-state index contributed by atoms with van der Waals surface area (Å²) in [7, 11) is 0. The minimum atomic E-state index is -1.97. The Labute approximate surface area is 397 Å². The molecule has 19 heteroatoms. The SMILES string of the molecule is CCCCCCCC/C=C/C(O)C(COC1OC(CO)C(OC2OC(CO)C(OC3OC(CO)C(O)C(O)C3O)C(O)C2O)C(O)C1O)NC(=O)CCCCCCCCCCCCCCCC. The Hall–Kier alpha value is -1.47. The smallest absolute Gasteiger partial charge is 0.220 e. The second-order valence-electron chi connectivity index (χ2n) is 18.6. The van der Waals surface area contributed by atoms with Crippen LogP contribution in [0.1, 0.15) is 155 Å². The summed E-state index contributed by atoms with van der Waals surface area (Å²) in [6, 6.07) is -0.963. The fourth-order valence-electron chi connectivity index (χ4n) is 8.78. The topological polar surface area (TPSA) is 307 Å². The van der Waals surface area contributed by atoms with Gasteiger partial charge in [-0.3, -0.25) is 4.79 Å². The van der Waals surface area contributed by atoms with Crippen LogP contribution in [-0.2, 0) is 33.2 Å². The van der Waals surface area contributed by atoms with Gasteiger partial charge in [0.05, 0.1) is 38.6 Å². The molecule has 0 aromatic rings. The number of rotatable bonds is 35. The van der Waals surface area contributed by atoms with Crippen molar-refractivity contribution in [2.45, 2.75) is 259 Å². The van der Waals surface area contributed by atoms with Crippen LogP contribution in [0, 0.1) is 0 Å². The molecule has 0 spiro atoms. The largest absolute Gasteiger partial charge is 0.394 e. The first-order valence-electron chi connectivity index (χ1n) is 25.4. The predicted octanol–water partition coefficient (Wildman–Crippen LogP) is 1.48. The van der Waals surface area contributed by atoms with Crippen LogP contribution in [0.25, 0.3) is 0 Å². The molecule has 3 fully saturated rings. The highest BCUT2D eigenvalue weighted by atomic mass is 16.8. The monoisotopic (exact) mass is 968 g/mol. The number of ether oxygens (including phenoxy) is 6. The number of carbonyl (C=O) groups is 1. The van der Waals surface area contributed by atoms with Crippen LogP contribution in [0.5, 0.6) is 0 Å². The maximum absolute atomic E-state index is 13.2. The number of aliphatic hydroxyl groups excluding tert-OH is 11. The van der Waals surface area contributed by atoms with Crippen molar-refractivity contribution >= 4 is 5.91 Å². The molecule has 3 rings (SSSR count). The summed E-state index contributed by atoms with van der Waals surface area (Å²) < 4.78 is 34.0. The molecule has 19 nitrogen and oxygen atoms in total. The number of hydrogen-bond donors (Lipinski definition) is 12. The Balaban J connectivity index is 1.55. The lowest BCUT2D eigenvalue weighted by Crippen LogP contribution is -2.66. The Kier molecular flexibility index (Phi) is 30.4. The van der Waals surface area contributed by atoms with Gasteiger partial charge in [0.2, 0.25) is 5.91 Å². The van der Waals surface area contributed by atoms with E-state index in [-0.39, 0.29) is 18.9 Å². The maximum Gasteiger partial charge on any atom is 0.220 e. The van der Waals surface area contributed by atoms with Crippen LogP contribution < -0.4 is 5.32 Å². The third-order valence-corrected chi connectivity index (χ3v) is 13.1. The molecule has 3 saturated heterocycles. The number of nitrogens with one attached hydrogen (secondary N) is 1. The Morgan fingerprint density at radius 2 is 0.925 bits per heavy atom. The summed E-state index contributed by atoms with van der Waals surface area (Å²) in [6.45, 7) is 1.63. The number of hydrogen-bond acceptors (Lipinski definition) is 18. The summed E-state index contributed by atoms with van der Waals surface area (Å²) >= 11 is 0. The molecule has 3 aliphatic heterocycles. The van der Waals surface area contributed by atoms with Crippen molar-refractivity contribution in [2.24, 2.45) is 0 Å². The van der Waals surface area contributed by atoms with Crippen molar-refractivity contribution < 1.29 is 89.4 Å². The lowest BCUT2D eigenvalue weighted by atomic mass is 9.96. The summed E-state index contributed by atoms with van der Waals surface area (Å²) in [5.74, 6) is -0.280. The van der Waals surface area contributed by atoms with E-state index >= 15 is 0 Å². The van der Waals surface area contributed by atoms with E-state index in [0.29, 0.717) is 6.42 Å². The first kappa shape index (κ1) is 59.8. The van der Waals surface area contributed by atoms with Gasteiger partial charge in [0.1, 0.15) is 73.2 Å². The molecular formula is C48H89NO18. The Bertz CT molecular complexity index is 1300. The van der Waals surface area contributed by atoms with Gasteiger partial charge in [0.15, 0.2) is 18.9 Å². The average Bonchev–Trinajstić information content (AvgIpc) is 3.32. The van der Waals surface area contributed by atoms with Crippen molar-refractivity contribution in [3.8, 4) is 0 Å². The van der Waals surface area contributed by atoms with Crippen LogP contribution in [0.15, 0.2) is 12.2 Å².